The number of carbonyl (C=O) groups excluding carboxylic acids is 1. The highest BCUT2D eigenvalue weighted by atomic mass is 19.4. The molecular formula is C22H24F3NO3. The normalized spacial score (nSPS) is 15.2. The zero-order chi connectivity index (χ0) is 20.9. The van der Waals surface area contributed by atoms with E-state index in [1.165, 1.54) is 30.7 Å². The zero-order valence-corrected chi connectivity index (χ0v) is 16.0. The number of Topliss-reactive ketones (excluding diaryl/α,β-unsaturated/α-hetero) is 1. The van der Waals surface area contributed by atoms with E-state index >= 15 is 0 Å². The summed E-state index contributed by atoms with van der Waals surface area (Å²) in [4.78, 5) is 16.7. The molecule has 1 aromatic heterocycles. The largest absolute Gasteiger partial charge is 0.483 e. The van der Waals surface area contributed by atoms with Crippen molar-refractivity contribution in [2.24, 2.45) is 0 Å². The molecule has 3 rings (SSSR count). The van der Waals surface area contributed by atoms with Crippen LogP contribution in [0, 0.1) is 0 Å². The Balaban J connectivity index is 1.57. The second-order valence-electron chi connectivity index (χ2n) is 7.47. The van der Waals surface area contributed by atoms with Crippen molar-refractivity contribution in [3.8, 4) is 5.75 Å². The second kappa shape index (κ2) is 9.39. The Labute approximate surface area is 167 Å². The monoisotopic (exact) mass is 407 g/mol. The first-order chi connectivity index (χ1) is 13.8. The lowest BCUT2D eigenvalue weighted by atomic mass is 9.92. The highest BCUT2D eigenvalue weighted by Crippen LogP contribution is 2.40. The number of rotatable bonds is 10. The molecule has 4 nitrogen and oxygen atoms in total. The van der Waals surface area contributed by atoms with E-state index in [1.54, 1.807) is 6.07 Å². The summed E-state index contributed by atoms with van der Waals surface area (Å²) in [5.74, 6) is 0.412. The summed E-state index contributed by atoms with van der Waals surface area (Å²) < 4.78 is 41.3. The van der Waals surface area contributed by atoms with Crippen LogP contribution in [0.4, 0.5) is 13.2 Å². The Kier molecular flexibility index (Phi) is 6.90. The van der Waals surface area contributed by atoms with Crippen molar-refractivity contribution < 1.29 is 27.8 Å². The van der Waals surface area contributed by atoms with E-state index in [1.807, 2.05) is 12.1 Å². The fraction of sp³-hybridized carbons (Fsp3) is 0.455. The molecular weight excluding hydrogens is 383 g/mol. The van der Waals surface area contributed by atoms with Gasteiger partial charge in [-0.3, -0.25) is 9.78 Å². The number of hydrogen-bond donors (Lipinski definition) is 1. The van der Waals surface area contributed by atoms with E-state index < -0.39 is 12.8 Å². The van der Waals surface area contributed by atoms with E-state index in [0.29, 0.717) is 24.5 Å². The minimum Gasteiger partial charge on any atom is -0.483 e. The van der Waals surface area contributed by atoms with Gasteiger partial charge in [-0.1, -0.05) is 24.3 Å². The van der Waals surface area contributed by atoms with Gasteiger partial charge in [-0.05, 0) is 48.4 Å². The zero-order valence-electron chi connectivity index (χ0n) is 16.0. The van der Waals surface area contributed by atoms with Crippen molar-refractivity contribution in [3.05, 3.63) is 59.4 Å². The number of nitrogens with zero attached hydrogens (tertiary/aromatic N) is 1. The van der Waals surface area contributed by atoms with E-state index in [2.05, 4.69) is 21.9 Å². The fourth-order valence-corrected chi connectivity index (χ4v) is 3.29. The van der Waals surface area contributed by atoms with Gasteiger partial charge < -0.3 is 9.84 Å². The number of halogens is 3. The van der Waals surface area contributed by atoms with Gasteiger partial charge in [-0.15, -0.1) is 0 Å². The fourth-order valence-electron chi connectivity index (χ4n) is 3.29. The highest BCUT2D eigenvalue weighted by molar-refractivity contribution is 5.81. The molecule has 0 spiro atoms. The number of ketones is 1. The first-order valence-electron chi connectivity index (χ1n) is 9.71. The Morgan fingerprint density at radius 1 is 1.17 bits per heavy atom. The molecule has 2 aromatic rings. The van der Waals surface area contributed by atoms with Crippen LogP contribution in [-0.2, 0) is 11.2 Å². The van der Waals surface area contributed by atoms with Gasteiger partial charge in [-0.25, -0.2) is 0 Å². The van der Waals surface area contributed by atoms with E-state index in [4.69, 9.17) is 0 Å². The average Bonchev–Trinajstić information content (AvgIpc) is 3.52. The van der Waals surface area contributed by atoms with Crippen LogP contribution in [0.15, 0.2) is 42.6 Å². The Morgan fingerprint density at radius 3 is 2.45 bits per heavy atom. The number of pyridine rings is 1. The lowest BCUT2D eigenvalue weighted by Crippen LogP contribution is -2.19. The number of aromatic nitrogens is 1. The molecule has 1 N–H and O–H groups in total. The summed E-state index contributed by atoms with van der Waals surface area (Å²) in [6.45, 7) is -1.49. The van der Waals surface area contributed by atoms with E-state index in [0.717, 1.165) is 5.56 Å². The smallest absolute Gasteiger partial charge is 0.422 e. The summed E-state index contributed by atoms with van der Waals surface area (Å²) in [7, 11) is 0. The molecule has 156 valence electrons. The van der Waals surface area contributed by atoms with Gasteiger partial charge in [0.25, 0.3) is 0 Å². The van der Waals surface area contributed by atoms with Crippen molar-refractivity contribution in [2.45, 2.75) is 50.1 Å². The SMILES string of the molecule is O=C(Cc1ccc(C2CC2)cc1)C[C@H](CCO)c1ccc(OCC(F)(F)F)cn1. The Hall–Kier alpha value is -2.41. The molecule has 1 fully saturated rings. The molecule has 1 saturated carbocycles. The van der Waals surface area contributed by atoms with Crippen molar-refractivity contribution >= 4 is 5.78 Å². The molecule has 7 heteroatoms. The minimum atomic E-state index is -4.42. The van der Waals surface area contributed by atoms with E-state index in [9.17, 15) is 23.1 Å². The van der Waals surface area contributed by atoms with Crippen LogP contribution in [-0.4, -0.2) is 35.3 Å². The third-order valence-corrected chi connectivity index (χ3v) is 4.96. The van der Waals surface area contributed by atoms with Gasteiger partial charge in [0, 0.05) is 31.1 Å². The van der Waals surface area contributed by atoms with Crippen LogP contribution in [0.1, 0.15) is 54.3 Å². The topological polar surface area (TPSA) is 59.4 Å². The standard InChI is InChI=1S/C22H24F3NO3/c23-22(24,25)14-29-20-7-8-21(26-13-20)18(9-10-27)12-19(28)11-15-1-3-16(4-2-15)17-5-6-17/h1-4,7-8,13,17-18,27H,5-6,9-12,14H2/t18-/m0/s1. The van der Waals surface area contributed by atoms with Gasteiger partial charge in [-0.2, -0.15) is 13.2 Å². The number of alkyl halides is 3. The third-order valence-electron chi connectivity index (χ3n) is 4.96. The summed E-state index contributed by atoms with van der Waals surface area (Å²) in [6, 6.07) is 11.1. The van der Waals surface area contributed by atoms with Gasteiger partial charge in [0.15, 0.2) is 6.61 Å². The van der Waals surface area contributed by atoms with Crippen LogP contribution < -0.4 is 4.74 Å². The van der Waals surface area contributed by atoms with Crippen molar-refractivity contribution in [1.82, 2.24) is 4.98 Å². The summed E-state index contributed by atoms with van der Waals surface area (Å²) >= 11 is 0. The summed E-state index contributed by atoms with van der Waals surface area (Å²) in [5, 5.41) is 9.33. The summed E-state index contributed by atoms with van der Waals surface area (Å²) in [6.07, 6.45) is 0.124. The number of aliphatic hydroxyl groups excluding tert-OH is 1. The average molecular weight is 407 g/mol. The molecule has 1 heterocycles. The first kappa shape index (κ1) is 21.3. The Bertz CT molecular complexity index is 800. The highest BCUT2D eigenvalue weighted by Gasteiger charge is 2.28. The van der Waals surface area contributed by atoms with Gasteiger partial charge in [0.1, 0.15) is 11.5 Å². The van der Waals surface area contributed by atoms with Crippen LogP contribution in [0.2, 0.25) is 0 Å². The Morgan fingerprint density at radius 2 is 1.90 bits per heavy atom. The van der Waals surface area contributed by atoms with Gasteiger partial charge in [0.05, 0.1) is 6.20 Å². The number of benzene rings is 1. The maximum Gasteiger partial charge on any atom is 0.422 e. The van der Waals surface area contributed by atoms with Crippen LogP contribution in [0.3, 0.4) is 0 Å². The minimum absolute atomic E-state index is 0.0101. The molecule has 0 aliphatic heterocycles. The van der Waals surface area contributed by atoms with Crippen LogP contribution in [0.5, 0.6) is 5.75 Å². The predicted octanol–water partition coefficient (Wildman–Crippen LogP) is 4.57. The third kappa shape index (κ3) is 6.85. The van der Waals surface area contributed by atoms with Crippen LogP contribution in [0.25, 0.3) is 0 Å². The molecule has 0 bridgehead atoms. The predicted molar refractivity (Wildman–Crippen MR) is 102 cm³/mol. The van der Waals surface area contributed by atoms with Gasteiger partial charge >= 0.3 is 6.18 Å². The molecule has 0 radical (unpaired) electrons. The number of aliphatic hydroxyl groups is 1. The van der Waals surface area contributed by atoms with E-state index in [-0.39, 0.29) is 30.5 Å². The number of carbonyl (C=O) groups is 1. The lowest BCUT2D eigenvalue weighted by molar-refractivity contribution is -0.153. The maximum absolute atomic E-state index is 12.5. The number of ether oxygens (including phenoxy) is 1. The molecule has 1 aromatic carbocycles. The molecule has 0 saturated heterocycles. The first-order valence-corrected chi connectivity index (χ1v) is 9.71. The second-order valence-corrected chi connectivity index (χ2v) is 7.47. The van der Waals surface area contributed by atoms with Crippen molar-refractivity contribution in [2.75, 3.05) is 13.2 Å². The summed E-state index contributed by atoms with van der Waals surface area (Å²) in [5.41, 5.74) is 2.82. The molecule has 1 atom stereocenters. The van der Waals surface area contributed by atoms with Crippen LogP contribution >= 0.6 is 0 Å². The molecule has 1 aliphatic carbocycles. The number of hydrogen-bond acceptors (Lipinski definition) is 4. The quantitative estimate of drug-likeness (QED) is 0.627. The van der Waals surface area contributed by atoms with Crippen molar-refractivity contribution in [1.29, 1.82) is 0 Å². The van der Waals surface area contributed by atoms with Gasteiger partial charge in [0.2, 0.25) is 0 Å². The maximum atomic E-state index is 12.5. The lowest BCUT2D eigenvalue weighted by Gasteiger charge is -2.16. The molecule has 29 heavy (non-hydrogen) atoms. The molecule has 0 amide bonds. The molecule has 1 aliphatic rings. The molecule has 0 unspecified atom stereocenters. The van der Waals surface area contributed by atoms with Crippen molar-refractivity contribution in [3.63, 3.8) is 0 Å².